The number of hydrogen-bond donors (Lipinski definition) is 2. The molecule has 3 aromatic carbocycles. The summed E-state index contributed by atoms with van der Waals surface area (Å²) in [7, 11) is 0. The Balaban J connectivity index is 1.55. The Bertz CT molecular complexity index is 1090. The van der Waals surface area contributed by atoms with E-state index in [0.29, 0.717) is 22.7 Å². The minimum Gasteiger partial charge on any atom is -0.481 e. The first kappa shape index (κ1) is 21.5. The molecule has 2 N–H and O–H groups in total. The highest BCUT2D eigenvalue weighted by Gasteiger charge is 2.16. The van der Waals surface area contributed by atoms with Crippen LogP contribution in [-0.2, 0) is 4.79 Å². The molecule has 0 aliphatic rings. The van der Waals surface area contributed by atoms with Crippen LogP contribution in [0.5, 0.6) is 5.75 Å². The van der Waals surface area contributed by atoms with Crippen molar-refractivity contribution in [2.24, 2.45) is 0 Å². The van der Waals surface area contributed by atoms with Gasteiger partial charge in [-0.05, 0) is 62.4 Å². The lowest BCUT2D eigenvalue weighted by Gasteiger charge is -2.15. The Morgan fingerprint density at radius 2 is 1.55 bits per heavy atom. The second kappa shape index (κ2) is 9.53. The van der Waals surface area contributed by atoms with E-state index in [-0.39, 0.29) is 17.5 Å². The Kier molecular flexibility index (Phi) is 6.61. The van der Waals surface area contributed by atoms with E-state index in [1.54, 1.807) is 43.3 Å². The van der Waals surface area contributed by atoms with Crippen molar-refractivity contribution in [3.8, 4) is 5.75 Å². The van der Waals surface area contributed by atoms with Gasteiger partial charge in [0, 0.05) is 29.1 Å². The summed E-state index contributed by atoms with van der Waals surface area (Å²) < 4.78 is 5.53. The Morgan fingerprint density at radius 3 is 2.13 bits per heavy atom. The van der Waals surface area contributed by atoms with Crippen LogP contribution in [-0.4, -0.2) is 22.8 Å². The summed E-state index contributed by atoms with van der Waals surface area (Å²) in [6.45, 7) is 3.49. The molecule has 8 nitrogen and oxygen atoms in total. The third-order valence-electron chi connectivity index (χ3n) is 4.42. The number of amides is 2. The molecule has 2 amide bonds. The lowest BCUT2D eigenvalue weighted by molar-refractivity contribution is -0.384. The molecule has 0 aromatic heterocycles. The zero-order chi connectivity index (χ0) is 22.4. The number of carbonyl (C=O) groups is 2. The topological polar surface area (TPSA) is 111 Å². The number of nitro groups is 1. The molecule has 0 heterocycles. The van der Waals surface area contributed by atoms with Crippen molar-refractivity contribution >= 4 is 28.9 Å². The van der Waals surface area contributed by atoms with Crippen LogP contribution in [0.3, 0.4) is 0 Å². The maximum absolute atomic E-state index is 12.4. The van der Waals surface area contributed by atoms with Gasteiger partial charge >= 0.3 is 0 Å². The van der Waals surface area contributed by atoms with Crippen molar-refractivity contribution < 1.29 is 19.2 Å². The van der Waals surface area contributed by atoms with Crippen LogP contribution >= 0.6 is 0 Å². The van der Waals surface area contributed by atoms with Crippen molar-refractivity contribution in [1.29, 1.82) is 0 Å². The number of non-ortho nitro benzene ring substituents is 1. The second-order valence-corrected chi connectivity index (χ2v) is 6.90. The third-order valence-corrected chi connectivity index (χ3v) is 4.42. The number of aryl methyl sites for hydroxylation is 1. The summed E-state index contributed by atoms with van der Waals surface area (Å²) in [6.07, 6.45) is -0.817. The van der Waals surface area contributed by atoms with Gasteiger partial charge < -0.3 is 15.4 Å². The molecule has 0 saturated carbocycles. The second-order valence-electron chi connectivity index (χ2n) is 6.90. The van der Waals surface area contributed by atoms with E-state index in [1.165, 1.54) is 24.3 Å². The molecule has 0 aliphatic carbocycles. The predicted octanol–water partition coefficient (Wildman–Crippen LogP) is 4.56. The van der Waals surface area contributed by atoms with Crippen molar-refractivity contribution in [3.05, 3.63) is 94.0 Å². The molecule has 0 saturated heterocycles. The van der Waals surface area contributed by atoms with E-state index in [1.807, 2.05) is 19.1 Å². The molecule has 3 aromatic rings. The van der Waals surface area contributed by atoms with E-state index in [0.717, 1.165) is 5.56 Å². The Morgan fingerprint density at radius 1 is 0.935 bits per heavy atom. The van der Waals surface area contributed by atoms with Gasteiger partial charge in [-0.2, -0.15) is 0 Å². The molecule has 3 rings (SSSR count). The molecule has 1 atom stereocenters. The quantitative estimate of drug-likeness (QED) is 0.431. The lowest BCUT2D eigenvalue weighted by Crippen LogP contribution is -2.30. The van der Waals surface area contributed by atoms with E-state index < -0.39 is 11.0 Å². The van der Waals surface area contributed by atoms with Gasteiger partial charge in [0.05, 0.1) is 4.92 Å². The highest BCUT2D eigenvalue weighted by atomic mass is 16.6. The SMILES string of the molecule is Cc1cccc(C(=O)Nc2ccc(NC(=O)C(C)Oc3ccc([N+](=O)[O-])cc3)cc2)c1. The number of nitrogens with one attached hydrogen (secondary N) is 2. The summed E-state index contributed by atoms with van der Waals surface area (Å²) in [6, 6.07) is 19.5. The largest absolute Gasteiger partial charge is 0.481 e. The van der Waals surface area contributed by atoms with E-state index >= 15 is 0 Å². The first-order chi connectivity index (χ1) is 14.8. The average molecular weight is 419 g/mol. The molecule has 0 radical (unpaired) electrons. The van der Waals surface area contributed by atoms with Gasteiger partial charge in [-0.15, -0.1) is 0 Å². The summed E-state index contributed by atoms with van der Waals surface area (Å²) in [5, 5.41) is 16.2. The molecule has 0 spiro atoms. The van der Waals surface area contributed by atoms with E-state index in [4.69, 9.17) is 4.74 Å². The number of anilines is 2. The number of carbonyl (C=O) groups excluding carboxylic acids is 2. The highest BCUT2D eigenvalue weighted by molar-refractivity contribution is 6.04. The monoisotopic (exact) mass is 419 g/mol. The zero-order valence-corrected chi connectivity index (χ0v) is 17.0. The number of rotatable bonds is 7. The zero-order valence-electron chi connectivity index (χ0n) is 17.0. The first-order valence-corrected chi connectivity index (χ1v) is 9.52. The number of hydrogen-bond acceptors (Lipinski definition) is 5. The van der Waals surface area contributed by atoms with Crippen molar-refractivity contribution in [1.82, 2.24) is 0 Å². The third kappa shape index (κ3) is 5.89. The maximum atomic E-state index is 12.4. The van der Waals surface area contributed by atoms with Gasteiger partial charge in [0.1, 0.15) is 5.75 Å². The average Bonchev–Trinajstić information content (AvgIpc) is 2.75. The minimum absolute atomic E-state index is 0.0564. The van der Waals surface area contributed by atoms with Crippen LogP contribution in [0.25, 0.3) is 0 Å². The molecule has 8 heteroatoms. The fourth-order valence-corrected chi connectivity index (χ4v) is 2.77. The summed E-state index contributed by atoms with van der Waals surface area (Å²) in [5.41, 5.74) is 2.64. The smallest absolute Gasteiger partial charge is 0.269 e. The standard InChI is InChI=1S/C23H21N3O5/c1-15-4-3-5-17(14-15)23(28)25-19-8-6-18(7-9-19)24-22(27)16(2)31-21-12-10-20(11-13-21)26(29)30/h3-14,16H,1-2H3,(H,24,27)(H,25,28). The van der Waals surface area contributed by atoms with Gasteiger partial charge in [0.25, 0.3) is 17.5 Å². The predicted molar refractivity (Wildman–Crippen MR) is 117 cm³/mol. The van der Waals surface area contributed by atoms with Gasteiger partial charge in [-0.1, -0.05) is 17.7 Å². The number of benzene rings is 3. The van der Waals surface area contributed by atoms with Crippen molar-refractivity contribution in [3.63, 3.8) is 0 Å². The summed E-state index contributed by atoms with van der Waals surface area (Å²) in [4.78, 5) is 34.9. The Labute approximate surface area is 179 Å². The molecule has 31 heavy (non-hydrogen) atoms. The van der Waals surface area contributed by atoms with E-state index in [2.05, 4.69) is 10.6 Å². The van der Waals surface area contributed by atoms with Gasteiger partial charge in [-0.3, -0.25) is 19.7 Å². The lowest BCUT2D eigenvalue weighted by atomic mass is 10.1. The van der Waals surface area contributed by atoms with Crippen LogP contribution in [0.1, 0.15) is 22.8 Å². The van der Waals surface area contributed by atoms with Crippen molar-refractivity contribution in [2.75, 3.05) is 10.6 Å². The molecule has 1 unspecified atom stereocenters. The number of nitro benzene ring substituents is 1. The van der Waals surface area contributed by atoms with Gasteiger partial charge in [-0.25, -0.2) is 0 Å². The summed E-state index contributed by atoms with van der Waals surface area (Å²) >= 11 is 0. The minimum atomic E-state index is -0.817. The molecule has 0 fully saturated rings. The molecule has 0 bridgehead atoms. The highest BCUT2D eigenvalue weighted by Crippen LogP contribution is 2.19. The molecule has 158 valence electrons. The molecular weight excluding hydrogens is 398 g/mol. The number of ether oxygens (including phenoxy) is 1. The van der Waals surface area contributed by atoms with Crippen LogP contribution in [0.2, 0.25) is 0 Å². The Hall–Kier alpha value is -4.20. The molecular formula is C23H21N3O5. The van der Waals surface area contributed by atoms with Gasteiger partial charge in [0.2, 0.25) is 0 Å². The molecule has 0 aliphatic heterocycles. The summed E-state index contributed by atoms with van der Waals surface area (Å²) in [5.74, 6) is -0.247. The fourth-order valence-electron chi connectivity index (χ4n) is 2.77. The van der Waals surface area contributed by atoms with Crippen molar-refractivity contribution in [2.45, 2.75) is 20.0 Å². The fraction of sp³-hybridized carbons (Fsp3) is 0.130. The van der Waals surface area contributed by atoms with Crippen LogP contribution in [0.15, 0.2) is 72.8 Å². The normalized spacial score (nSPS) is 11.3. The van der Waals surface area contributed by atoms with Crippen LogP contribution in [0.4, 0.5) is 17.1 Å². The maximum Gasteiger partial charge on any atom is 0.269 e. The van der Waals surface area contributed by atoms with E-state index in [9.17, 15) is 19.7 Å². The van der Waals surface area contributed by atoms with Crippen LogP contribution in [0, 0.1) is 17.0 Å². The number of nitrogens with zero attached hydrogens (tertiary/aromatic N) is 1. The van der Waals surface area contributed by atoms with Gasteiger partial charge in [0.15, 0.2) is 6.10 Å². The van der Waals surface area contributed by atoms with Crippen LogP contribution < -0.4 is 15.4 Å². The first-order valence-electron chi connectivity index (χ1n) is 9.52.